The van der Waals surface area contributed by atoms with Crippen LogP contribution in [0.4, 0.5) is 0 Å². The van der Waals surface area contributed by atoms with Gasteiger partial charge in [-0.3, -0.25) is 4.79 Å². The number of hydrogen-bond acceptors (Lipinski definition) is 3. The summed E-state index contributed by atoms with van der Waals surface area (Å²) < 4.78 is 2.31. The highest BCUT2D eigenvalue weighted by Gasteiger charge is 2.36. The molecule has 23 heavy (non-hydrogen) atoms. The van der Waals surface area contributed by atoms with Gasteiger partial charge in [-0.15, -0.1) is 10.2 Å². The van der Waals surface area contributed by atoms with Gasteiger partial charge in [-0.05, 0) is 44.9 Å². The number of carbonyl (C=O) groups is 1. The molecule has 0 spiro atoms. The average Bonchev–Trinajstić information content (AvgIpc) is 3.16. The molecular weight excluding hydrogens is 288 g/mol. The van der Waals surface area contributed by atoms with E-state index in [0.29, 0.717) is 5.91 Å². The SMILES string of the molecule is O=C(C1CC=CCC1)N1CCCC1c1nnc2n1CCCCC2. The summed E-state index contributed by atoms with van der Waals surface area (Å²) in [6, 6.07) is 0.146. The summed E-state index contributed by atoms with van der Waals surface area (Å²) in [5, 5.41) is 8.94. The Morgan fingerprint density at radius 1 is 1.04 bits per heavy atom. The topological polar surface area (TPSA) is 51.0 Å². The zero-order valence-corrected chi connectivity index (χ0v) is 13.8. The Hall–Kier alpha value is -1.65. The highest BCUT2D eigenvalue weighted by atomic mass is 16.2. The zero-order valence-electron chi connectivity index (χ0n) is 13.8. The van der Waals surface area contributed by atoms with Crippen LogP contribution in [0.2, 0.25) is 0 Å². The fourth-order valence-corrected chi connectivity index (χ4v) is 4.31. The molecule has 1 saturated heterocycles. The number of likely N-dealkylation sites (tertiary alicyclic amines) is 1. The molecular formula is C18H26N4O. The van der Waals surface area contributed by atoms with Gasteiger partial charge >= 0.3 is 0 Å². The quantitative estimate of drug-likeness (QED) is 0.788. The molecule has 2 aliphatic heterocycles. The number of hydrogen-bond donors (Lipinski definition) is 0. The van der Waals surface area contributed by atoms with Crippen molar-refractivity contribution >= 4 is 5.91 Å². The first-order chi connectivity index (χ1) is 11.3. The molecule has 0 N–H and O–H groups in total. The second-order valence-corrected chi connectivity index (χ2v) is 7.11. The summed E-state index contributed by atoms with van der Waals surface area (Å²) in [6.45, 7) is 1.90. The first-order valence-corrected chi connectivity index (χ1v) is 9.22. The van der Waals surface area contributed by atoms with Crippen LogP contribution < -0.4 is 0 Å². The molecule has 5 nitrogen and oxygen atoms in total. The third-order valence-electron chi connectivity index (χ3n) is 5.59. The van der Waals surface area contributed by atoms with E-state index >= 15 is 0 Å². The molecule has 3 heterocycles. The van der Waals surface area contributed by atoms with Crippen LogP contribution in [0.15, 0.2) is 12.2 Å². The lowest BCUT2D eigenvalue weighted by atomic mass is 9.93. The van der Waals surface area contributed by atoms with E-state index in [1.165, 1.54) is 19.3 Å². The minimum absolute atomic E-state index is 0.146. The molecule has 1 fully saturated rings. The number of rotatable bonds is 2. The minimum Gasteiger partial charge on any atom is -0.332 e. The molecule has 0 radical (unpaired) electrons. The maximum absolute atomic E-state index is 13.0. The third kappa shape index (κ3) is 2.81. The van der Waals surface area contributed by atoms with Gasteiger partial charge in [0.05, 0.1) is 6.04 Å². The maximum Gasteiger partial charge on any atom is 0.226 e. The van der Waals surface area contributed by atoms with Crippen LogP contribution >= 0.6 is 0 Å². The normalized spacial score (nSPS) is 27.7. The van der Waals surface area contributed by atoms with Crippen molar-refractivity contribution in [2.45, 2.75) is 70.4 Å². The standard InChI is InChI=1S/C18H26N4O/c23-18(14-8-3-1-4-9-14)21-13-7-10-15(21)17-20-19-16-11-5-2-6-12-22(16)17/h1,3,14-15H,2,4-13H2. The Balaban J connectivity index is 1.57. The van der Waals surface area contributed by atoms with Crippen molar-refractivity contribution in [1.29, 1.82) is 0 Å². The molecule has 5 heteroatoms. The van der Waals surface area contributed by atoms with Crippen LogP contribution in [-0.4, -0.2) is 32.1 Å². The molecule has 4 rings (SSSR count). The molecule has 2 atom stereocenters. The summed E-state index contributed by atoms with van der Waals surface area (Å²) in [5.41, 5.74) is 0. The van der Waals surface area contributed by atoms with E-state index in [1.54, 1.807) is 0 Å². The fourth-order valence-electron chi connectivity index (χ4n) is 4.31. The summed E-state index contributed by atoms with van der Waals surface area (Å²) in [5.74, 6) is 2.67. The second-order valence-electron chi connectivity index (χ2n) is 7.11. The van der Waals surface area contributed by atoms with E-state index in [-0.39, 0.29) is 12.0 Å². The van der Waals surface area contributed by atoms with Gasteiger partial charge < -0.3 is 9.47 Å². The third-order valence-corrected chi connectivity index (χ3v) is 5.59. The molecule has 1 aromatic rings. The van der Waals surface area contributed by atoms with Gasteiger partial charge in [0, 0.05) is 25.4 Å². The Morgan fingerprint density at radius 3 is 2.87 bits per heavy atom. The highest BCUT2D eigenvalue weighted by molar-refractivity contribution is 5.80. The highest BCUT2D eigenvalue weighted by Crippen LogP contribution is 2.35. The number of allylic oxidation sites excluding steroid dienone is 2. The molecule has 1 aliphatic carbocycles. The number of nitrogens with zero attached hydrogens (tertiary/aromatic N) is 4. The Kier molecular flexibility index (Phi) is 4.19. The monoisotopic (exact) mass is 314 g/mol. The van der Waals surface area contributed by atoms with Crippen LogP contribution in [0.1, 0.15) is 69.1 Å². The lowest BCUT2D eigenvalue weighted by Gasteiger charge is -2.29. The van der Waals surface area contributed by atoms with E-state index in [9.17, 15) is 4.79 Å². The Bertz CT molecular complexity index is 606. The number of carbonyl (C=O) groups excluding carboxylic acids is 1. The van der Waals surface area contributed by atoms with Gasteiger partial charge in [-0.25, -0.2) is 0 Å². The number of amides is 1. The van der Waals surface area contributed by atoms with Crippen LogP contribution in [0.25, 0.3) is 0 Å². The van der Waals surface area contributed by atoms with Crippen LogP contribution in [0.3, 0.4) is 0 Å². The Morgan fingerprint density at radius 2 is 2.00 bits per heavy atom. The lowest BCUT2D eigenvalue weighted by Crippen LogP contribution is -2.37. The predicted molar refractivity (Wildman–Crippen MR) is 87.7 cm³/mol. The van der Waals surface area contributed by atoms with Gasteiger partial charge in [0.1, 0.15) is 5.82 Å². The number of aromatic nitrogens is 3. The van der Waals surface area contributed by atoms with Crippen LogP contribution in [-0.2, 0) is 17.8 Å². The molecule has 0 bridgehead atoms. The molecule has 0 saturated carbocycles. The number of fused-ring (bicyclic) bond motifs is 1. The maximum atomic E-state index is 13.0. The van der Waals surface area contributed by atoms with Gasteiger partial charge in [0.2, 0.25) is 5.91 Å². The van der Waals surface area contributed by atoms with Gasteiger partial charge in [0.15, 0.2) is 5.82 Å². The van der Waals surface area contributed by atoms with Crippen molar-refractivity contribution in [3.05, 3.63) is 23.8 Å². The summed E-state index contributed by atoms with van der Waals surface area (Å²) in [6.07, 6.45) is 14.1. The zero-order chi connectivity index (χ0) is 15.6. The lowest BCUT2D eigenvalue weighted by molar-refractivity contribution is -0.137. The van der Waals surface area contributed by atoms with Crippen molar-refractivity contribution < 1.29 is 4.79 Å². The van der Waals surface area contributed by atoms with Crippen LogP contribution in [0.5, 0.6) is 0 Å². The van der Waals surface area contributed by atoms with Crippen molar-refractivity contribution in [3.8, 4) is 0 Å². The molecule has 2 unspecified atom stereocenters. The van der Waals surface area contributed by atoms with Gasteiger partial charge in [0.25, 0.3) is 0 Å². The molecule has 3 aliphatic rings. The van der Waals surface area contributed by atoms with Crippen molar-refractivity contribution in [2.24, 2.45) is 5.92 Å². The van der Waals surface area contributed by atoms with Gasteiger partial charge in [-0.1, -0.05) is 18.6 Å². The molecule has 1 aromatic heterocycles. The molecule has 0 aromatic carbocycles. The summed E-state index contributed by atoms with van der Waals surface area (Å²) in [7, 11) is 0. The van der Waals surface area contributed by atoms with Crippen molar-refractivity contribution in [2.75, 3.05) is 6.54 Å². The molecule has 1 amide bonds. The summed E-state index contributed by atoms with van der Waals surface area (Å²) >= 11 is 0. The molecule has 124 valence electrons. The van der Waals surface area contributed by atoms with E-state index in [1.807, 2.05) is 0 Å². The number of aryl methyl sites for hydroxylation is 1. The first kappa shape index (κ1) is 14.9. The van der Waals surface area contributed by atoms with E-state index in [2.05, 4.69) is 31.8 Å². The predicted octanol–water partition coefficient (Wildman–Crippen LogP) is 3.02. The van der Waals surface area contributed by atoms with Crippen molar-refractivity contribution in [1.82, 2.24) is 19.7 Å². The smallest absolute Gasteiger partial charge is 0.226 e. The minimum atomic E-state index is 0.146. The second kappa shape index (κ2) is 6.46. The van der Waals surface area contributed by atoms with Crippen LogP contribution in [0, 0.1) is 5.92 Å². The van der Waals surface area contributed by atoms with E-state index in [4.69, 9.17) is 0 Å². The van der Waals surface area contributed by atoms with E-state index in [0.717, 1.165) is 63.3 Å². The largest absolute Gasteiger partial charge is 0.332 e. The average molecular weight is 314 g/mol. The van der Waals surface area contributed by atoms with Gasteiger partial charge in [-0.2, -0.15) is 0 Å². The summed E-state index contributed by atoms with van der Waals surface area (Å²) in [4.78, 5) is 15.1. The van der Waals surface area contributed by atoms with E-state index < -0.39 is 0 Å². The van der Waals surface area contributed by atoms with Crippen molar-refractivity contribution in [3.63, 3.8) is 0 Å². The Labute approximate surface area is 137 Å². The fraction of sp³-hybridized carbons (Fsp3) is 0.722. The first-order valence-electron chi connectivity index (χ1n) is 9.22.